The number of furan rings is 1. The molecule has 0 saturated heterocycles. The van der Waals surface area contributed by atoms with Crippen molar-refractivity contribution in [3.8, 4) is 5.75 Å². The van der Waals surface area contributed by atoms with Gasteiger partial charge in [0, 0.05) is 18.8 Å². The van der Waals surface area contributed by atoms with Crippen molar-refractivity contribution in [2.24, 2.45) is 0 Å². The standard InChI is InChI=1S/C23H28BrN3O3/c1-15(2)18-6-8-19(9-7-18)29-14-20-10-11-21(30-20)23(28)25-12-5-13-27-17(4)22(24)16(3)26-27/h6-11,15H,5,12-14H2,1-4H3,(H,25,28). The highest BCUT2D eigenvalue weighted by molar-refractivity contribution is 9.10. The number of aryl methyl sites for hydroxylation is 2. The van der Waals surface area contributed by atoms with E-state index in [2.05, 4.69) is 52.3 Å². The molecule has 0 unspecified atom stereocenters. The first kappa shape index (κ1) is 22.2. The summed E-state index contributed by atoms with van der Waals surface area (Å²) < 4.78 is 14.4. The fraction of sp³-hybridized carbons (Fsp3) is 0.391. The highest BCUT2D eigenvalue weighted by Gasteiger charge is 2.12. The Bertz CT molecular complexity index is 990. The van der Waals surface area contributed by atoms with Crippen LogP contribution < -0.4 is 10.1 Å². The molecule has 0 radical (unpaired) electrons. The number of aromatic nitrogens is 2. The maximum Gasteiger partial charge on any atom is 0.286 e. The highest BCUT2D eigenvalue weighted by atomic mass is 79.9. The number of rotatable bonds is 9. The third kappa shape index (κ3) is 5.53. The van der Waals surface area contributed by atoms with Gasteiger partial charge in [-0.25, -0.2) is 0 Å². The first-order valence-corrected chi connectivity index (χ1v) is 10.9. The molecule has 6 nitrogen and oxygen atoms in total. The monoisotopic (exact) mass is 473 g/mol. The van der Waals surface area contributed by atoms with Gasteiger partial charge in [0.1, 0.15) is 18.1 Å². The van der Waals surface area contributed by atoms with Crippen LogP contribution in [0.5, 0.6) is 5.75 Å². The van der Waals surface area contributed by atoms with Gasteiger partial charge in [-0.05, 0) is 71.9 Å². The second-order valence-corrected chi connectivity index (χ2v) is 8.39. The van der Waals surface area contributed by atoms with Gasteiger partial charge in [-0.1, -0.05) is 26.0 Å². The lowest BCUT2D eigenvalue weighted by Crippen LogP contribution is -2.25. The molecule has 0 fully saturated rings. The van der Waals surface area contributed by atoms with E-state index < -0.39 is 0 Å². The van der Waals surface area contributed by atoms with Crippen LogP contribution in [0.3, 0.4) is 0 Å². The van der Waals surface area contributed by atoms with Crippen LogP contribution in [0.25, 0.3) is 0 Å². The molecule has 1 aromatic carbocycles. The van der Waals surface area contributed by atoms with Crippen molar-refractivity contribution in [2.45, 2.75) is 53.2 Å². The second-order valence-electron chi connectivity index (χ2n) is 7.60. The Morgan fingerprint density at radius 1 is 1.20 bits per heavy atom. The lowest BCUT2D eigenvalue weighted by atomic mass is 10.0. The Morgan fingerprint density at radius 3 is 2.57 bits per heavy atom. The van der Waals surface area contributed by atoms with Crippen LogP contribution in [-0.2, 0) is 13.2 Å². The van der Waals surface area contributed by atoms with Gasteiger partial charge in [0.05, 0.1) is 10.2 Å². The van der Waals surface area contributed by atoms with Crippen LogP contribution in [0.2, 0.25) is 0 Å². The van der Waals surface area contributed by atoms with Crippen LogP contribution in [0.4, 0.5) is 0 Å². The van der Waals surface area contributed by atoms with Crippen molar-refractivity contribution in [3.05, 3.63) is 69.3 Å². The number of carbonyl (C=O) groups excluding carboxylic acids is 1. The summed E-state index contributed by atoms with van der Waals surface area (Å²) in [5.74, 6) is 1.94. The predicted octanol–water partition coefficient (Wildman–Crippen LogP) is 5.38. The molecule has 0 aliphatic carbocycles. The van der Waals surface area contributed by atoms with Crippen LogP contribution in [-0.4, -0.2) is 22.2 Å². The average molecular weight is 474 g/mol. The molecule has 30 heavy (non-hydrogen) atoms. The molecule has 2 aromatic heterocycles. The number of ether oxygens (including phenoxy) is 1. The summed E-state index contributed by atoms with van der Waals surface area (Å²) in [6.45, 7) is 9.87. The largest absolute Gasteiger partial charge is 0.486 e. The summed E-state index contributed by atoms with van der Waals surface area (Å²) in [5.41, 5.74) is 3.33. The van der Waals surface area contributed by atoms with Gasteiger partial charge < -0.3 is 14.5 Å². The van der Waals surface area contributed by atoms with Crippen LogP contribution in [0.1, 0.15) is 59.5 Å². The second kappa shape index (κ2) is 9.98. The molecule has 0 spiro atoms. The zero-order chi connectivity index (χ0) is 21.7. The van der Waals surface area contributed by atoms with Crippen LogP contribution in [0.15, 0.2) is 45.3 Å². The van der Waals surface area contributed by atoms with Gasteiger partial charge in [-0.15, -0.1) is 0 Å². The molecule has 7 heteroatoms. The normalized spacial score (nSPS) is 11.1. The quantitative estimate of drug-likeness (QED) is 0.423. The number of benzene rings is 1. The minimum Gasteiger partial charge on any atom is -0.486 e. The van der Waals surface area contributed by atoms with Gasteiger partial charge in [0.2, 0.25) is 0 Å². The molecule has 1 amide bonds. The van der Waals surface area contributed by atoms with E-state index in [0.717, 1.165) is 34.6 Å². The molecule has 0 aliphatic rings. The minimum atomic E-state index is -0.225. The molecule has 0 bridgehead atoms. The Kier molecular flexibility index (Phi) is 7.37. The van der Waals surface area contributed by atoms with Crippen molar-refractivity contribution in [2.75, 3.05) is 6.54 Å². The van der Waals surface area contributed by atoms with Gasteiger partial charge in [-0.2, -0.15) is 5.10 Å². The zero-order valence-electron chi connectivity index (χ0n) is 17.9. The Labute approximate surface area is 185 Å². The lowest BCUT2D eigenvalue weighted by Gasteiger charge is -2.08. The molecule has 160 valence electrons. The molecule has 3 rings (SSSR count). The van der Waals surface area contributed by atoms with Gasteiger partial charge in [-0.3, -0.25) is 9.48 Å². The van der Waals surface area contributed by atoms with E-state index in [1.54, 1.807) is 12.1 Å². The Hall–Kier alpha value is -2.54. The number of nitrogens with one attached hydrogen (secondary N) is 1. The summed E-state index contributed by atoms with van der Waals surface area (Å²) in [4.78, 5) is 12.3. The van der Waals surface area contributed by atoms with E-state index in [1.165, 1.54) is 5.56 Å². The van der Waals surface area contributed by atoms with Crippen molar-refractivity contribution < 1.29 is 13.9 Å². The number of amides is 1. The molecular formula is C23H28BrN3O3. The first-order valence-electron chi connectivity index (χ1n) is 10.1. The van der Waals surface area contributed by atoms with Crippen molar-refractivity contribution in [1.29, 1.82) is 0 Å². The molecule has 2 heterocycles. The van der Waals surface area contributed by atoms with Crippen molar-refractivity contribution >= 4 is 21.8 Å². The van der Waals surface area contributed by atoms with Crippen LogP contribution >= 0.6 is 15.9 Å². The van der Waals surface area contributed by atoms with E-state index in [-0.39, 0.29) is 18.3 Å². The van der Waals surface area contributed by atoms with E-state index in [0.29, 0.717) is 18.2 Å². The summed E-state index contributed by atoms with van der Waals surface area (Å²) in [6, 6.07) is 11.5. The van der Waals surface area contributed by atoms with Gasteiger partial charge in [0.15, 0.2) is 5.76 Å². The topological polar surface area (TPSA) is 69.3 Å². The fourth-order valence-electron chi connectivity index (χ4n) is 3.09. The molecule has 0 atom stereocenters. The predicted molar refractivity (Wildman–Crippen MR) is 120 cm³/mol. The summed E-state index contributed by atoms with van der Waals surface area (Å²) in [5, 5.41) is 7.36. The Morgan fingerprint density at radius 2 is 1.93 bits per heavy atom. The average Bonchev–Trinajstić information content (AvgIpc) is 3.30. The van der Waals surface area contributed by atoms with Gasteiger partial charge in [0.25, 0.3) is 5.91 Å². The SMILES string of the molecule is Cc1nn(CCCNC(=O)c2ccc(COc3ccc(C(C)C)cc3)o2)c(C)c1Br. The number of nitrogens with zero attached hydrogens (tertiary/aromatic N) is 2. The van der Waals surface area contributed by atoms with E-state index in [4.69, 9.17) is 9.15 Å². The molecule has 0 aliphatic heterocycles. The molecule has 1 N–H and O–H groups in total. The van der Waals surface area contributed by atoms with Crippen molar-refractivity contribution in [3.63, 3.8) is 0 Å². The summed E-state index contributed by atoms with van der Waals surface area (Å²) in [7, 11) is 0. The maximum atomic E-state index is 12.3. The van der Waals surface area contributed by atoms with E-state index in [9.17, 15) is 4.79 Å². The third-order valence-corrected chi connectivity index (χ3v) is 6.09. The smallest absolute Gasteiger partial charge is 0.286 e. The molecule has 0 saturated carbocycles. The van der Waals surface area contributed by atoms with E-state index in [1.807, 2.05) is 30.7 Å². The first-order chi connectivity index (χ1) is 14.3. The molecular weight excluding hydrogens is 446 g/mol. The molecule has 3 aromatic rings. The number of halogens is 1. The number of carbonyl (C=O) groups is 1. The fourth-order valence-corrected chi connectivity index (χ4v) is 3.38. The van der Waals surface area contributed by atoms with Crippen LogP contribution in [0, 0.1) is 13.8 Å². The third-order valence-electron chi connectivity index (χ3n) is 4.94. The number of hydrogen-bond donors (Lipinski definition) is 1. The zero-order valence-corrected chi connectivity index (χ0v) is 19.5. The van der Waals surface area contributed by atoms with E-state index >= 15 is 0 Å². The lowest BCUT2D eigenvalue weighted by molar-refractivity contribution is 0.0920. The minimum absolute atomic E-state index is 0.225. The summed E-state index contributed by atoms with van der Waals surface area (Å²) >= 11 is 3.53. The van der Waals surface area contributed by atoms with Gasteiger partial charge >= 0.3 is 0 Å². The summed E-state index contributed by atoms with van der Waals surface area (Å²) in [6.07, 6.45) is 0.781. The highest BCUT2D eigenvalue weighted by Crippen LogP contribution is 2.21. The van der Waals surface area contributed by atoms with Crippen molar-refractivity contribution in [1.82, 2.24) is 15.1 Å². The maximum absolute atomic E-state index is 12.3. The Balaban J connectivity index is 1.43. The number of hydrogen-bond acceptors (Lipinski definition) is 4.